The predicted octanol–water partition coefficient (Wildman–Crippen LogP) is 7.14. The molecule has 0 saturated carbocycles. The first-order valence-corrected chi connectivity index (χ1v) is 13.1. The van der Waals surface area contributed by atoms with Gasteiger partial charge < -0.3 is 15.1 Å². The van der Waals surface area contributed by atoms with Crippen molar-refractivity contribution < 1.29 is 15.0 Å². The average Bonchev–Trinajstić information content (AvgIpc) is 2.81. The zero-order valence-corrected chi connectivity index (χ0v) is 22.0. The lowest BCUT2D eigenvalue weighted by Gasteiger charge is -2.39. The van der Waals surface area contributed by atoms with Crippen molar-refractivity contribution in [1.29, 1.82) is 0 Å². The largest absolute Gasteiger partial charge is 0.508 e. The Labute approximate surface area is 211 Å². The second-order valence-corrected chi connectivity index (χ2v) is 11.3. The summed E-state index contributed by atoms with van der Waals surface area (Å²) in [6.07, 6.45) is 6.75. The maximum absolute atomic E-state index is 13.1. The van der Waals surface area contributed by atoms with Gasteiger partial charge >= 0.3 is 0 Å². The second-order valence-electron chi connectivity index (χ2n) is 11.3. The van der Waals surface area contributed by atoms with E-state index in [1.54, 1.807) is 12.1 Å². The van der Waals surface area contributed by atoms with E-state index in [0.29, 0.717) is 18.4 Å². The number of benzene rings is 2. The molecule has 1 amide bonds. The van der Waals surface area contributed by atoms with Gasteiger partial charge in [-0.1, -0.05) is 70.2 Å². The number of carbonyl (C=O) groups is 1. The molecule has 2 aromatic rings. The molecule has 4 nitrogen and oxygen atoms in total. The monoisotopic (exact) mass is 477 g/mol. The first-order valence-electron chi connectivity index (χ1n) is 13.1. The summed E-state index contributed by atoms with van der Waals surface area (Å²) in [6, 6.07) is 14.2. The average molecular weight is 478 g/mol. The topological polar surface area (TPSA) is 60.8 Å². The number of aromatic hydroxyl groups is 2. The number of hydrogen-bond acceptors (Lipinski definition) is 3. The summed E-state index contributed by atoms with van der Waals surface area (Å²) < 4.78 is 0. The predicted molar refractivity (Wildman–Crippen MR) is 144 cm³/mol. The molecule has 0 spiro atoms. The number of carbonyl (C=O) groups excluding carboxylic acids is 1. The summed E-state index contributed by atoms with van der Waals surface area (Å²) >= 11 is 0. The minimum absolute atomic E-state index is 0.0303. The Morgan fingerprint density at radius 2 is 1.77 bits per heavy atom. The normalized spacial score (nSPS) is 17.3. The first kappa shape index (κ1) is 26.8. The maximum Gasteiger partial charge on any atom is 0.223 e. The molecule has 3 rings (SSSR count). The van der Waals surface area contributed by atoms with E-state index in [4.69, 9.17) is 0 Å². The van der Waals surface area contributed by atoms with Gasteiger partial charge in [0.05, 0.1) is 6.04 Å². The van der Waals surface area contributed by atoms with E-state index >= 15 is 0 Å². The number of rotatable bonds is 9. The van der Waals surface area contributed by atoms with E-state index in [2.05, 4.69) is 56.5 Å². The molecule has 2 N–H and O–H groups in total. The van der Waals surface area contributed by atoms with Gasteiger partial charge in [0.2, 0.25) is 5.91 Å². The standard InChI is InChI=1S/C31H43NO3/c1-6-26-28(33)19-23(20-29(26)34)15-16-25(24-12-8-7-9-13-24)18-22(2)27-14-10-11-17-32(27)30(35)21-31(3,4)5/h7-9,12-13,19-20,25,27,33-34H,2,6,10-11,14-18,21H2,1,3-5H3/t25-,27?/m0/s1. The molecule has 2 atom stereocenters. The molecule has 0 aromatic heterocycles. The fourth-order valence-electron chi connectivity index (χ4n) is 5.32. The van der Waals surface area contributed by atoms with Crippen molar-refractivity contribution in [1.82, 2.24) is 4.90 Å². The van der Waals surface area contributed by atoms with Crippen LogP contribution in [0.25, 0.3) is 0 Å². The summed E-state index contributed by atoms with van der Waals surface area (Å²) in [5.41, 5.74) is 3.89. The summed E-state index contributed by atoms with van der Waals surface area (Å²) in [6.45, 7) is 13.6. The molecule has 1 aliphatic heterocycles. The van der Waals surface area contributed by atoms with Crippen molar-refractivity contribution >= 4 is 5.91 Å². The molecule has 1 saturated heterocycles. The highest BCUT2D eigenvalue weighted by molar-refractivity contribution is 5.77. The van der Waals surface area contributed by atoms with Gasteiger partial charge in [0.15, 0.2) is 0 Å². The zero-order chi connectivity index (χ0) is 25.6. The Morgan fingerprint density at radius 1 is 1.11 bits per heavy atom. The van der Waals surface area contributed by atoms with Crippen LogP contribution in [0.3, 0.4) is 0 Å². The molecular formula is C31H43NO3. The molecule has 2 aromatic carbocycles. The van der Waals surface area contributed by atoms with Crippen molar-refractivity contribution in [3.63, 3.8) is 0 Å². The lowest BCUT2D eigenvalue weighted by molar-refractivity contribution is -0.136. The molecule has 1 fully saturated rings. The van der Waals surface area contributed by atoms with Crippen LogP contribution in [0, 0.1) is 5.41 Å². The third kappa shape index (κ3) is 7.37. The molecule has 1 heterocycles. The number of hydrogen-bond donors (Lipinski definition) is 2. The van der Waals surface area contributed by atoms with Gasteiger partial charge in [-0.05, 0) is 79.5 Å². The third-order valence-corrected chi connectivity index (χ3v) is 7.15. The van der Waals surface area contributed by atoms with E-state index in [1.165, 1.54) is 5.56 Å². The Balaban J connectivity index is 1.76. The molecule has 1 unspecified atom stereocenters. The number of amides is 1. The molecule has 0 aliphatic carbocycles. The lowest BCUT2D eigenvalue weighted by atomic mass is 9.83. The van der Waals surface area contributed by atoms with Crippen LogP contribution < -0.4 is 0 Å². The quantitative estimate of drug-likeness (QED) is 0.377. The maximum atomic E-state index is 13.1. The minimum Gasteiger partial charge on any atom is -0.508 e. The molecule has 0 radical (unpaired) electrons. The van der Waals surface area contributed by atoms with Crippen LogP contribution in [0.2, 0.25) is 0 Å². The van der Waals surface area contributed by atoms with Crippen molar-refractivity contribution in [3.8, 4) is 11.5 Å². The van der Waals surface area contributed by atoms with E-state index < -0.39 is 0 Å². The first-order chi connectivity index (χ1) is 16.6. The van der Waals surface area contributed by atoms with Gasteiger partial charge in [-0.15, -0.1) is 0 Å². The lowest BCUT2D eigenvalue weighted by Crippen LogP contribution is -2.45. The van der Waals surface area contributed by atoms with Crippen LogP contribution in [0.1, 0.15) is 88.8 Å². The van der Waals surface area contributed by atoms with E-state index in [-0.39, 0.29) is 34.8 Å². The highest BCUT2D eigenvalue weighted by Crippen LogP contribution is 2.35. The highest BCUT2D eigenvalue weighted by atomic mass is 16.3. The Bertz CT molecular complexity index is 983. The van der Waals surface area contributed by atoms with Gasteiger partial charge in [-0.3, -0.25) is 4.79 Å². The van der Waals surface area contributed by atoms with Crippen molar-refractivity contribution in [2.75, 3.05) is 6.54 Å². The van der Waals surface area contributed by atoms with Crippen LogP contribution in [0.4, 0.5) is 0 Å². The summed E-state index contributed by atoms with van der Waals surface area (Å²) in [7, 11) is 0. The van der Waals surface area contributed by atoms with Crippen molar-refractivity contribution in [2.24, 2.45) is 5.41 Å². The van der Waals surface area contributed by atoms with E-state index in [0.717, 1.165) is 56.2 Å². The van der Waals surface area contributed by atoms with Crippen molar-refractivity contribution in [2.45, 2.75) is 91.0 Å². The summed E-state index contributed by atoms with van der Waals surface area (Å²) in [5, 5.41) is 20.6. The smallest absolute Gasteiger partial charge is 0.223 e. The number of nitrogens with zero attached hydrogens (tertiary/aromatic N) is 1. The SMILES string of the molecule is C=C(C[C@H](CCc1cc(O)c(CC)c(O)c1)c1ccccc1)C1CCCCN1C(=O)CC(C)(C)C. The third-order valence-electron chi connectivity index (χ3n) is 7.15. The van der Waals surface area contributed by atoms with E-state index in [9.17, 15) is 15.0 Å². The summed E-state index contributed by atoms with van der Waals surface area (Å²) in [5.74, 6) is 0.818. The molecule has 1 aliphatic rings. The highest BCUT2D eigenvalue weighted by Gasteiger charge is 2.31. The van der Waals surface area contributed by atoms with Gasteiger partial charge in [0, 0.05) is 18.5 Å². The fourth-order valence-corrected chi connectivity index (χ4v) is 5.32. The molecule has 190 valence electrons. The molecular weight excluding hydrogens is 434 g/mol. The van der Waals surface area contributed by atoms with Gasteiger partial charge in [0.25, 0.3) is 0 Å². The van der Waals surface area contributed by atoms with Crippen LogP contribution in [-0.4, -0.2) is 33.6 Å². The fraction of sp³-hybridized carbons (Fsp3) is 0.516. The molecule has 35 heavy (non-hydrogen) atoms. The Morgan fingerprint density at radius 3 is 2.37 bits per heavy atom. The summed E-state index contributed by atoms with van der Waals surface area (Å²) in [4.78, 5) is 15.2. The van der Waals surface area contributed by atoms with Crippen LogP contribution in [0.15, 0.2) is 54.6 Å². The number of phenolic OH excluding ortho intramolecular Hbond substituents is 2. The van der Waals surface area contributed by atoms with Gasteiger partial charge in [0.1, 0.15) is 11.5 Å². The Hall–Kier alpha value is -2.75. The zero-order valence-electron chi connectivity index (χ0n) is 22.0. The number of aryl methyl sites for hydroxylation is 1. The van der Waals surface area contributed by atoms with Crippen LogP contribution in [0.5, 0.6) is 11.5 Å². The van der Waals surface area contributed by atoms with Gasteiger partial charge in [-0.2, -0.15) is 0 Å². The Kier molecular flexibility index (Phi) is 9.04. The minimum atomic E-state index is -0.0303. The van der Waals surface area contributed by atoms with Crippen LogP contribution in [-0.2, 0) is 17.6 Å². The van der Waals surface area contributed by atoms with Gasteiger partial charge in [-0.25, -0.2) is 0 Å². The second kappa shape index (κ2) is 11.8. The van der Waals surface area contributed by atoms with Crippen LogP contribution >= 0.6 is 0 Å². The number of piperidine rings is 1. The number of phenols is 2. The molecule has 4 heteroatoms. The number of likely N-dealkylation sites (tertiary alicyclic amines) is 1. The van der Waals surface area contributed by atoms with Crippen molar-refractivity contribution in [3.05, 3.63) is 71.3 Å². The molecule has 0 bridgehead atoms. The van der Waals surface area contributed by atoms with E-state index in [1.807, 2.05) is 13.0 Å².